The van der Waals surface area contributed by atoms with Crippen LogP contribution in [0.25, 0.3) is 0 Å². The fraction of sp³-hybridized carbons (Fsp3) is 0.632. The molecular weight excluding hydrogens is 386 g/mol. The summed E-state index contributed by atoms with van der Waals surface area (Å²) in [6.45, 7) is 7.96. The van der Waals surface area contributed by atoms with Crippen LogP contribution in [0.15, 0.2) is 24.3 Å². The van der Waals surface area contributed by atoms with E-state index in [4.69, 9.17) is 11.6 Å². The fourth-order valence-electron chi connectivity index (χ4n) is 4.20. The molecule has 150 valence electrons. The first-order valence-corrected chi connectivity index (χ1v) is 11.9. The van der Waals surface area contributed by atoms with Crippen LogP contribution in [0.2, 0.25) is 5.02 Å². The summed E-state index contributed by atoms with van der Waals surface area (Å²) >= 11 is 6.09. The number of sulfone groups is 1. The third-order valence-corrected chi connectivity index (χ3v) is 7.82. The van der Waals surface area contributed by atoms with Crippen LogP contribution in [0.1, 0.15) is 20.3 Å². The number of rotatable bonds is 5. The zero-order valence-corrected chi connectivity index (χ0v) is 17.6. The molecular formula is C19H29ClN3O3S+. The van der Waals surface area contributed by atoms with Gasteiger partial charge in [0.2, 0.25) is 0 Å². The average molecular weight is 415 g/mol. The van der Waals surface area contributed by atoms with Gasteiger partial charge in [0.1, 0.15) is 0 Å². The number of piperazine rings is 1. The van der Waals surface area contributed by atoms with Crippen LogP contribution in [-0.4, -0.2) is 75.5 Å². The lowest BCUT2D eigenvalue weighted by atomic mass is 10.1. The summed E-state index contributed by atoms with van der Waals surface area (Å²) in [4.78, 5) is 18.4. The Hall–Kier alpha value is -1.31. The first kappa shape index (κ1) is 20.4. The molecule has 1 aromatic rings. The van der Waals surface area contributed by atoms with Crippen molar-refractivity contribution < 1.29 is 18.1 Å². The average Bonchev–Trinajstić information content (AvgIpc) is 3.01. The second-order valence-corrected chi connectivity index (χ2v) is 10.2. The SMILES string of the molecule is CCN(C(=O)[C@H](C)[NH+]1CCN(c2cccc(Cl)c2)CC1)[C@@H]1CCS(=O)(=O)C1. The zero-order valence-electron chi connectivity index (χ0n) is 16.0. The highest BCUT2D eigenvalue weighted by Crippen LogP contribution is 2.20. The summed E-state index contributed by atoms with van der Waals surface area (Å²) in [6.07, 6.45) is 0.562. The van der Waals surface area contributed by atoms with E-state index in [2.05, 4.69) is 11.0 Å². The number of nitrogens with zero attached hydrogens (tertiary/aromatic N) is 2. The quantitative estimate of drug-likeness (QED) is 0.760. The van der Waals surface area contributed by atoms with Gasteiger partial charge in [-0.05, 0) is 38.5 Å². The predicted octanol–water partition coefficient (Wildman–Crippen LogP) is 0.469. The van der Waals surface area contributed by atoms with Crippen LogP contribution in [0.4, 0.5) is 5.69 Å². The van der Waals surface area contributed by atoms with E-state index in [0.717, 1.165) is 36.9 Å². The normalized spacial score (nSPS) is 24.0. The van der Waals surface area contributed by atoms with Crippen LogP contribution < -0.4 is 9.80 Å². The minimum atomic E-state index is -2.99. The lowest BCUT2D eigenvalue weighted by molar-refractivity contribution is -0.915. The molecule has 3 rings (SSSR count). The minimum absolute atomic E-state index is 0.0748. The molecule has 6 nitrogen and oxygen atoms in total. The maximum Gasteiger partial charge on any atom is 0.280 e. The Balaban J connectivity index is 1.59. The van der Waals surface area contributed by atoms with Gasteiger partial charge in [0.05, 0.1) is 37.7 Å². The highest BCUT2D eigenvalue weighted by atomic mass is 35.5. The number of amides is 1. The summed E-state index contributed by atoms with van der Waals surface area (Å²) in [5, 5.41) is 0.732. The number of carbonyl (C=O) groups excluding carboxylic acids is 1. The Labute approximate surface area is 167 Å². The van der Waals surface area contributed by atoms with Crippen molar-refractivity contribution in [2.45, 2.75) is 32.4 Å². The maximum absolute atomic E-state index is 13.0. The van der Waals surface area contributed by atoms with Gasteiger partial charge in [-0.2, -0.15) is 0 Å². The molecule has 1 aromatic carbocycles. The molecule has 2 aliphatic rings. The number of halogens is 1. The Bertz CT molecular complexity index is 778. The molecule has 27 heavy (non-hydrogen) atoms. The molecule has 8 heteroatoms. The summed E-state index contributed by atoms with van der Waals surface area (Å²) in [6, 6.07) is 7.54. The monoisotopic (exact) mass is 414 g/mol. The van der Waals surface area contributed by atoms with Crippen LogP contribution in [0.3, 0.4) is 0 Å². The van der Waals surface area contributed by atoms with Crippen LogP contribution in [0, 0.1) is 0 Å². The van der Waals surface area contributed by atoms with Gasteiger partial charge in [-0.3, -0.25) is 4.79 Å². The van der Waals surface area contributed by atoms with Crippen LogP contribution in [0.5, 0.6) is 0 Å². The Morgan fingerprint density at radius 3 is 2.63 bits per heavy atom. The highest BCUT2D eigenvalue weighted by Gasteiger charge is 2.38. The molecule has 2 aliphatic heterocycles. The lowest BCUT2D eigenvalue weighted by Crippen LogP contribution is -3.19. The third-order valence-electron chi connectivity index (χ3n) is 5.83. The molecule has 0 aliphatic carbocycles. The number of likely N-dealkylation sites (N-methyl/N-ethyl adjacent to an activating group) is 1. The molecule has 1 N–H and O–H groups in total. The molecule has 2 heterocycles. The van der Waals surface area contributed by atoms with Crippen molar-refractivity contribution in [1.82, 2.24) is 4.90 Å². The first-order chi connectivity index (χ1) is 12.8. The molecule has 0 bridgehead atoms. The summed E-state index contributed by atoms with van der Waals surface area (Å²) in [5.41, 5.74) is 1.12. The van der Waals surface area contributed by atoms with Crippen LogP contribution in [-0.2, 0) is 14.6 Å². The summed E-state index contributed by atoms with van der Waals surface area (Å²) < 4.78 is 23.6. The fourth-order valence-corrected chi connectivity index (χ4v) is 6.11. The van der Waals surface area contributed by atoms with E-state index in [-0.39, 0.29) is 29.5 Å². The maximum atomic E-state index is 13.0. The molecule has 2 saturated heterocycles. The Morgan fingerprint density at radius 1 is 1.37 bits per heavy atom. The van der Waals surface area contributed by atoms with Gasteiger partial charge < -0.3 is 14.7 Å². The largest absolute Gasteiger partial charge is 0.360 e. The first-order valence-electron chi connectivity index (χ1n) is 9.66. The van der Waals surface area contributed by atoms with Gasteiger partial charge in [-0.1, -0.05) is 17.7 Å². The summed E-state index contributed by atoms with van der Waals surface area (Å²) in [5.74, 6) is 0.379. The second-order valence-electron chi connectivity index (χ2n) is 7.53. The molecule has 1 amide bonds. The number of quaternary nitrogens is 1. The standard InChI is InChI=1S/C19H28ClN3O3S/c1-3-23(18-7-12-27(25,26)14-18)19(24)15(2)21-8-10-22(11-9-21)17-6-4-5-16(20)13-17/h4-6,13,15,18H,3,7-12,14H2,1-2H3/p+1/t15-,18+/m0/s1. The molecule has 0 aromatic heterocycles. The van der Waals surface area contributed by atoms with Gasteiger partial charge in [0.15, 0.2) is 15.9 Å². The van der Waals surface area contributed by atoms with Crippen molar-refractivity contribution in [1.29, 1.82) is 0 Å². The van der Waals surface area contributed by atoms with Crippen molar-refractivity contribution in [2.75, 3.05) is 49.1 Å². The number of hydrogen-bond acceptors (Lipinski definition) is 4. The lowest BCUT2D eigenvalue weighted by Gasteiger charge is -2.38. The van der Waals surface area contributed by atoms with Gasteiger partial charge in [-0.25, -0.2) is 8.42 Å². The van der Waals surface area contributed by atoms with E-state index in [1.165, 1.54) is 4.90 Å². The molecule has 0 unspecified atom stereocenters. The summed E-state index contributed by atoms with van der Waals surface area (Å²) in [7, 11) is -2.99. The van der Waals surface area contributed by atoms with E-state index in [1.807, 2.05) is 32.0 Å². The smallest absolute Gasteiger partial charge is 0.280 e. The topological polar surface area (TPSA) is 62.1 Å². The third kappa shape index (κ3) is 4.76. The van der Waals surface area contributed by atoms with E-state index in [0.29, 0.717) is 13.0 Å². The number of carbonyl (C=O) groups is 1. The highest BCUT2D eigenvalue weighted by molar-refractivity contribution is 7.91. The number of nitrogens with one attached hydrogen (secondary N) is 1. The Morgan fingerprint density at radius 2 is 2.07 bits per heavy atom. The zero-order chi connectivity index (χ0) is 19.6. The number of anilines is 1. The Kier molecular flexibility index (Phi) is 6.33. The minimum Gasteiger partial charge on any atom is -0.360 e. The second kappa shape index (κ2) is 8.37. The molecule has 0 spiro atoms. The molecule has 2 fully saturated rings. The van der Waals surface area contributed by atoms with Crippen molar-refractivity contribution in [3.05, 3.63) is 29.3 Å². The van der Waals surface area contributed by atoms with Crippen molar-refractivity contribution in [3.8, 4) is 0 Å². The van der Waals surface area contributed by atoms with Crippen molar-refractivity contribution in [2.24, 2.45) is 0 Å². The van der Waals surface area contributed by atoms with Gasteiger partial charge in [-0.15, -0.1) is 0 Å². The van der Waals surface area contributed by atoms with Gasteiger partial charge in [0, 0.05) is 23.3 Å². The number of benzene rings is 1. The van der Waals surface area contributed by atoms with Gasteiger partial charge >= 0.3 is 0 Å². The van der Waals surface area contributed by atoms with E-state index >= 15 is 0 Å². The van der Waals surface area contributed by atoms with E-state index < -0.39 is 9.84 Å². The van der Waals surface area contributed by atoms with E-state index in [9.17, 15) is 13.2 Å². The molecule has 2 atom stereocenters. The van der Waals surface area contributed by atoms with Crippen molar-refractivity contribution in [3.63, 3.8) is 0 Å². The number of hydrogen-bond donors (Lipinski definition) is 1. The predicted molar refractivity (Wildman–Crippen MR) is 108 cm³/mol. The molecule has 0 saturated carbocycles. The van der Waals surface area contributed by atoms with Crippen molar-refractivity contribution >= 4 is 33.0 Å². The molecule has 0 radical (unpaired) electrons. The van der Waals surface area contributed by atoms with E-state index in [1.54, 1.807) is 4.90 Å². The van der Waals surface area contributed by atoms with Gasteiger partial charge in [0.25, 0.3) is 5.91 Å². The van der Waals surface area contributed by atoms with Crippen LogP contribution >= 0.6 is 11.6 Å².